The molecule has 0 unspecified atom stereocenters. The molecule has 0 aliphatic carbocycles. The van der Waals surface area contributed by atoms with Crippen molar-refractivity contribution in [1.29, 1.82) is 0 Å². The second kappa shape index (κ2) is 6.72. The fourth-order valence-electron chi connectivity index (χ4n) is 1.82. The normalized spacial score (nSPS) is 10.2. The number of anilines is 1. The lowest BCUT2D eigenvalue weighted by molar-refractivity contribution is 0.324. The van der Waals surface area contributed by atoms with Crippen molar-refractivity contribution in [3.8, 4) is 17.2 Å². The number of nitrogens with one attached hydrogen (secondary N) is 1. The van der Waals surface area contributed by atoms with E-state index in [4.69, 9.17) is 25.8 Å². The predicted molar refractivity (Wildman–Crippen MR) is 82.8 cm³/mol. The molecule has 0 aliphatic rings. The van der Waals surface area contributed by atoms with Crippen LogP contribution < -0.4 is 19.5 Å². The quantitative estimate of drug-likeness (QED) is 0.873. The van der Waals surface area contributed by atoms with Crippen molar-refractivity contribution in [2.45, 2.75) is 6.54 Å². The molecule has 0 amide bonds. The van der Waals surface area contributed by atoms with Gasteiger partial charge in [-0.3, -0.25) is 0 Å². The molecule has 0 aliphatic heterocycles. The lowest BCUT2D eigenvalue weighted by atomic mass is 10.2. The number of halogens is 1. The van der Waals surface area contributed by atoms with Crippen LogP contribution in [0.15, 0.2) is 24.3 Å². The minimum Gasteiger partial charge on any atom is -0.493 e. The molecule has 0 spiro atoms. The third kappa shape index (κ3) is 3.29. The van der Waals surface area contributed by atoms with Crippen LogP contribution in [-0.4, -0.2) is 21.3 Å². The van der Waals surface area contributed by atoms with Crippen LogP contribution in [0.4, 0.5) is 5.69 Å². The molecule has 6 heteroatoms. The smallest absolute Gasteiger partial charge is 0.203 e. The number of benzene rings is 1. The summed E-state index contributed by atoms with van der Waals surface area (Å²) in [5.41, 5.74) is 0.893. The molecule has 0 saturated carbocycles. The molecule has 1 aromatic carbocycles. The molecule has 1 heterocycles. The lowest BCUT2D eigenvalue weighted by Crippen LogP contribution is -2.00. The van der Waals surface area contributed by atoms with Crippen molar-refractivity contribution in [3.63, 3.8) is 0 Å². The van der Waals surface area contributed by atoms with Crippen molar-refractivity contribution in [2.75, 3.05) is 26.6 Å². The third-order valence-electron chi connectivity index (χ3n) is 2.76. The van der Waals surface area contributed by atoms with Crippen LogP contribution in [0.3, 0.4) is 0 Å². The first-order valence-corrected chi connectivity index (χ1v) is 7.15. The topological polar surface area (TPSA) is 39.7 Å². The molecule has 108 valence electrons. The molecule has 0 saturated heterocycles. The van der Waals surface area contributed by atoms with Gasteiger partial charge in [0.25, 0.3) is 0 Å². The van der Waals surface area contributed by atoms with Crippen molar-refractivity contribution < 1.29 is 14.2 Å². The Labute approximate surface area is 127 Å². The lowest BCUT2D eigenvalue weighted by Gasteiger charge is -2.14. The first kappa shape index (κ1) is 14.8. The van der Waals surface area contributed by atoms with E-state index in [1.54, 1.807) is 32.7 Å². The van der Waals surface area contributed by atoms with Gasteiger partial charge in [0.2, 0.25) is 5.75 Å². The van der Waals surface area contributed by atoms with E-state index in [1.165, 1.54) is 0 Å². The second-order valence-corrected chi connectivity index (χ2v) is 5.77. The van der Waals surface area contributed by atoms with E-state index in [1.807, 2.05) is 24.3 Å². The Morgan fingerprint density at radius 1 is 1.05 bits per heavy atom. The van der Waals surface area contributed by atoms with Crippen LogP contribution in [0.25, 0.3) is 0 Å². The molecule has 20 heavy (non-hydrogen) atoms. The van der Waals surface area contributed by atoms with Crippen molar-refractivity contribution >= 4 is 28.6 Å². The van der Waals surface area contributed by atoms with Gasteiger partial charge in [-0.25, -0.2) is 0 Å². The Balaban J connectivity index is 2.19. The highest BCUT2D eigenvalue weighted by Crippen LogP contribution is 2.40. The van der Waals surface area contributed by atoms with Crippen molar-refractivity contribution in [2.24, 2.45) is 0 Å². The third-order valence-corrected chi connectivity index (χ3v) is 3.99. The molecule has 0 atom stereocenters. The molecular weight excluding hydrogens is 298 g/mol. The number of ether oxygens (including phenoxy) is 3. The van der Waals surface area contributed by atoms with E-state index < -0.39 is 0 Å². The zero-order valence-electron chi connectivity index (χ0n) is 11.5. The van der Waals surface area contributed by atoms with Gasteiger partial charge in [0.1, 0.15) is 0 Å². The molecule has 2 rings (SSSR count). The summed E-state index contributed by atoms with van der Waals surface area (Å²) in [7, 11) is 4.78. The van der Waals surface area contributed by atoms with Crippen LogP contribution in [0.2, 0.25) is 4.34 Å². The van der Waals surface area contributed by atoms with Crippen molar-refractivity contribution in [1.82, 2.24) is 0 Å². The SMILES string of the molecule is COc1cc(NCc2ccc(Cl)s2)cc(OC)c1OC. The summed E-state index contributed by atoms with van der Waals surface area (Å²) in [6.07, 6.45) is 0. The summed E-state index contributed by atoms with van der Waals surface area (Å²) in [5, 5.41) is 3.31. The van der Waals surface area contributed by atoms with Crippen LogP contribution in [0.1, 0.15) is 4.88 Å². The number of hydrogen-bond donors (Lipinski definition) is 1. The van der Waals surface area contributed by atoms with E-state index in [0.717, 1.165) is 14.9 Å². The maximum absolute atomic E-state index is 5.91. The highest BCUT2D eigenvalue weighted by molar-refractivity contribution is 7.16. The van der Waals surface area contributed by atoms with Gasteiger partial charge in [-0.2, -0.15) is 0 Å². The minimum absolute atomic E-state index is 0.583. The first-order chi connectivity index (χ1) is 9.67. The summed E-state index contributed by atoms with van der Waals surface area (Å²) in [6, 6.07) is 7.63. The summed E-state index contributed by atoms with van der Waals surface area (Å²) >= 11 is 7.46. The van der Waals surface area contributed by atoms with Crippen LogP contribution in [0.5, 0.6) is 17.2 Å². The van der Waals surface area contributed by atoms with Gasteiger partial charge in [0, 0.05) is 29.2 Å². The highest BCUT2D eigenvalue weighted by atomic mass is 35.5. The predicted octanol–water partition coefficient (Wildman–Crippen LogP) is 4.04. The van der Waals surface area contributed by atoms with E-state index in [-0.39, 0.29) is 0 Å². The average Bonchev–Trinajstić information content (AvgIpc) is 2.89. The Hall–Kier alpha value is -1.59. The van der Waals surface area contributed by atoms with Crippen LogP contribution in [0, 0.1) is 0 Å². The van der Waals surface area contributed by atoms with Crippen LogP contribution >= 0.6 is 22.9 Å². The van der Waals surface area contributed by atoms with Gasteiger partial charge in [0.05, 0.1) is 25.7 Å². The van der Waals surface area contributed by atoms with E-state index in [0.29, 0.717) is 23.8 Å². The Kier molecular flexibility index (Phi) is 4.98. The fourth-order valence-corrected chi connectivity index (χ4v) is 2.85. The van der Waals surface area contributed by atoms with E-state index >= 15 is 0 Å². The number of hydrogen-bond acceptors (Lipinski definition) is 5. The van der Waals surface area contributed by atoms with Gasteiger partial charge >= 0.3 is 0 Å². The van der Waals surface area contributed by atoms with Gasteiger partial charge in [-0.1, -0.05) is 11.6 Å². The molecule has 0 radical (unpaired) electrons. The number of thiophene rings is 1. The van der Waals surface area contributed by atoms with E-state index in [2.05, 4.69) is 5.32 Å². The van der Waals surface area contributed by atoms with E-state index in [9.17, 15) is 0 Å². The van der Waals surface area contributed by atoms with Gasteiger partial charge in [-0.15, -0.1) is 11.3 Å². The zero-order valence-corrected chi connectivity index (χ0v) is 13.1. The zero-order chi connectivity index (χ0) is 14.5. The first-order valence-electron chi connectivity index (χ1n) is 5.96. The highest BCUT2D eigenvalue weighted by Gasteiger charge is 2.13. The molecule has 4 nitrogen and oxygen atoms in total. The largest absolute Gasteiger partial charge is 0.493 e. The number of rotatable bonds is 6. The molecule has 1 aromatic heterocycles. The van der Waals surface area contributed by atoms with Crippen molar-refractivity contribution in [3.05, 3.63) is 33.5 Å². The van der Waals surface area contributed by atoms with Crippen LogP contribution in [-0.2, 0) is 6.54 Å². The molecule has 2 aromatic rings. The average molecular weight is 314 g/mol. The summed E-state index contributed by atoms with van der Waals surface area (Å²) < 4.78 is 16.7. The maximum Gasteiger partial charge on any atom is 0.203 e. The molecule has 0 bridgehead atoms. The summed E-state index contributed by atoms with van der Waals surface area (Å²) in [5.74, 6) is 1.83. The van der Waals surface area contributed by atoms with Gasteiger partial charge < -0.3 is 19.5 Å². The number of methoxy groups -OCH3 is 3. The second-order valence-electron chi connectivity index (χ2n) is 3.97. The summed E-state index contributed by atoms with van der Waals surface area (Å²) in [4.78, 5) is 1.16. The Morgan fingerprint density at radius 3 is 2.15 bits per heavy atom. The molecule has 0 fully saturated rings. The monoisotopic (exact) mass is 313 g/mol. The minimum atomic E-state index is 0.583. The molecular formula is C14H16ClNO3S. The fraction of sp³-hybridized carbons (Fsp3) is 0.286. The summed E-state index contributed by atoms with van der Waals surface area (Å²) in [6.45, 7) is 0.691. The Bertz CT molecular complexity index is 561. The van der Waals surface area contributed by atoms with Gasteiger partial charge in [0.15, 0.2) is 11.5 Å². The molecule has 1 N–H and O–H groups in total. The van der Waals surface area contributed by atoms with Gasteiger partial charge in [-0.05, 0) is 12.1 Å². The standard InChI is InChI=1S/C14H16ClNO3S/c1-17-11-6-9(7-12(18-2)14(11)19-3)16-8-10-4-5-13(15)20-10/h4-7,16H,8H2,1-3H3. The Morgan fingerprint density at radius 2 is 1.70 bits per heavy atom. The maximum atomic E-state index is 5.91.